The number of hydrogen-bond donors (Lipinski definition) is 1. The summed E-state index contributed by atoms with van der Waals surface area (Å²) in [6.45, 7) is 2.02. The lowest BCUT2D eigenvalue weighted by molar-refractivity contribution is 0.0995. The highest BCUT2D eigenvalue weighted by atomic mass is 35.5. The highest BCUT2D eigenvalue weighted by Gasteiger charge is 2.28. The van der Waals surface area contributed by atoms with Crippen molar-refractivity contribution in [3.8, 4) is 28.2 Å². The van der Waals surface area contributed by atoms with Crippen LogP contribution in [0.2, 0.25) is 10.0 Å². The van der Waals surface area contributed by atoms with Gasteiger partial charge >= 0.3 is 0 Å². The molecule has 9 heteroatoms. The van der Waals surface area contributed by atoms with Gasteiger partial charge < -0.3 is 5.73 Å². The van der Waals surface area contributed by atoms with Crippen LogP contribution >= 0.6 is 23.2 Å². The van der Waals surface area contributed by atoms with Crippen LogP contribution in [0.5, 0.6) is 0 Å². The second-order valence-electron chi connectivity index (χ2n) is 8.45. The van der Waals surface area contributed by atoms with Crippen LogP contribution in [-0.2, 0) is 16.3 Å². The first-order valence-corrected chi connectivity index (χ1v) is 14.0. The quantitative estimate of drug-likeness (QED) is 0.280. The van der Waals surface area contributed by atoms with Gasteiger partial charge in [0, 0.05) is 6.26 Å². The molecule has 0 aliphatic heterocycles. The molecule has 4 rings (SSSR count). The second-order valence-corrected chi connectivity index (χ2v) is 11.2. The maximum absolute atomic E-state index is 13.1. The van der Waals surface area contributed by atoms with Crippen molar-refractivity contribution in [2.24, 2.45) is 5.73 Å². The fraction of sp³-hybridized carbons (Fsp3) is 0.185. The number of nitrogens with two attached hydrogens (primary N) is 1. The Morgan fingerprint density at radius 3 is 2.22 bits per heavy atom. The van der Waals surface area contributed by atoms with Gasteiger partial charge in [-0.05, 0) is 48.2 Å². The highest BCUT2D eigenvalue weighted by molar-refractivity contribution is 7.90. The first-order valence-electron chi connectivity index (χ1n) is 11.4. The molecule has 186 valence electrons. The molecule has 0 unspecified atom stereocenters. The molecule has 0 saturated heterocycles. The van der Waals surface area contributed by atoms with Crippen LogP contribution in [-0.4, -0.2) is 30.1 Å². The number of unbranched alkanes of at least 4 members (excludes halogenated alkanes) is 1. The first-order chi connectivity index (χ1) is 17.1. The maximum Gasteiger partial charge on any atom is 0.269 e. The maximum atomic E-state index is 13.1. The SMILES string of the molecule is CCCCc1c(C(N)=O)nc(-c2c(Cl)cccc2Cl)n1-c1ccc(-c2ccccc2)cc1S(C)(=O)=O. The summed E-state index contributed by atoms with van der Waals surface area (Å²) in [5, 5.41) is 0.627. The Morgan fingerprint density at radius 1 is 0.972 bits per heavy atom. The van der Waals surface area contributed by atoms with Crippen molar-refractivity contribution in [2.45, 2.75) is 31.1 Å². The number of primary amides is 1. The molecule has 4 aromatic rings. The normalized spacial score (nSPS) is 11.6. The average molecular weight is 542 g/mol. The minimum atomic E-state index is -3.71. The van der Waals surface area contributed by atoms with Gasteiger partial charge in [0.25, 0.3) is 5.91 Å². The Balaban J connectivity index is 2.11. The summed E-state index contributed by atoms with van der Waals surface area (Å²) in [5.74, 6) is -0.464. The summed E-state index contributed by atoms with van der Waals surface area (Å²) in [4.78, 5) is 17.1. The Morgan fingerprint density at radius 2 is 1.64 bits per heavy atom. The van der Waals surface area contributed by atoms with E-state index in [1.807, 2.05) is 43.3 Å². The van der Waals surface area contributed by atoms with E-state index in [1.165, 1.54) is 0 Å². The van der Waals surface area contributed by atoms with E-state index < -0.39 is 15.7 Å². The fourth-order valence-corrected chi connectivity index (χ4v) is 5.62. The molecule has 1 amide bonds. The number of rotatable bonds is 8. The third kappa shape index (κ3) is 5.05. The zero-order valence-corrected chi connectivity index (χ0v) is 22.2. The summed E-state index contributed by atoms with van der Waals surface area (Å²) < 4.78 is 27.8. The summed E-state index contributed by atoms with van der Waals surface area (Å²) in [6, 6.07) is 19.7. The summed E-state index contributed by atoms with van der Waals surface area (Å²) >= 11 is 13.1. The van der Waals surface area contributed by atoms with Crippen molar-refractivity contribution < 1.29 is 13.2 Å². The molecule has 0 saturated carbocycles. The number of sulfone groups is 1. The molecule has 0 bridgehead atoms. The number of aromatic nitrogens is 2. The van der Waals surface area contributed by atoms with Crippen molar-refractivity contribution in [1.29, 1.82) is 0 Å². The zero-order chi connectivity index (χ0) is 26.0. The average Bonchev–Trinajstić information content (AvgIpc) is 3.21. The third-order valence-corrected chi connectivity index (χ3v) is 7.62. The summed E-state index contributed by atoms with van der Waals surface area (Å²) in [5.41, 5.74) is 8.63. The number of benzene rings is 3. The van der Waals surface area contributed by atoms with E-state index >= 15 is 0 Å². The molecule has 0 aliphatic rings. The minimum absolute atomic E-state index is 0.0565. The van der Waals surface area contributed by atoms with Gasteiger partial charge in [-0.15, -0.1) is 0 Å². The molecule has 2 N–H and O–H groups in total. The number of hydrogen-bond acceptors (Lipinski definition) is 4. The predicted molar refractivity (Wildman–Crippen MR) is 145 cm³/mol. The van der Waals surface area contributed by atoms with Crippen LogP contribution in [0.15, 0.2) is 71.6 Å². The molecule has 0 atom stereocenters. The van der Waals surface area contributed by atoms with Crippen molar-refractivity contribution in [1.82, 2.24) is 9.55 Å². The largest absolute Gasteiger partial charge is 0.364 e. The topological polar surface area (TPSA) is 95.1 Å². The molecule has 36 heavy (non-hydrogen) atoms. The molecular formula is C27H25Cl2N3O3S. The molecule has 0 spiro atoms. The molecule has 6 nitrogen and oxygen atoms in total. The Kier molecular flexibility index (Phi) is 7.54. The zero-order valence-electron chi connectivity index (χ0n) is 19.8. The van der Waals surface area contributed by atoms with Crippen LogP contribution in [0.3, 0.4) is 0 Å². The molecular weight excluding hydrogens is 517 g/mol. The highest BCUT2D eigenvalue weighted by Crippen LogP contribution is 2.39. The van der Waals surface area contributed by atoms with E-state index in [2.05, 4.69) is 4.98 Å². The van der Waals surface area contributed by atoms with Gasteiger partial charge in [-0.25, -0.2) is 13.4 Å². The number of imidazole rings is 1. The van der Waals surface area contributed by atoms with E-state index in [9.17, 15) is 13.2 Å². The molecule has 3 aromatic carbocycles. The number of nitrogens with zero attached hydrogens (tertiary/aromatic N) is 2. The monoisotopic (exact) mass is 541 g/mol. The Hall–Kier alpha value is -3.13. The fourth-order valence-electron chi connectivity index (χ4n) is 4.17. The third-order valence-electron chi connectivity index (χ3n) is 5.87. The number of carbonyl (C=O) groups is 1. The van der Waals surface area contributed by atoms with Crippen molar-refractivity contribution in [3.63, 3.8) is 0 Å². The van der Waals surface area contributed by atoms with Gasteiger partial charge in [-0.2, -0.15) is 0 Å². The van der Waals surface area contributed by atoms with E-state index in [4.69, 9.17) is 28.9 Å². The van der Waals surface area contributed by atoms with Gasteiger partial charge in [-0.1, -0.05) is 79.0 Å². The Bertz CT molecular complexity index is 1530. The molecule has 0 fully saturated rings. The van der Waals surface area contributed by atoms with E-state index in [-0.39, 0.29) is 16.4 Å². The summed E-state index contributed by atoms with van der Waals surface area (Å²) in [6.07, 6.45) is 3.18. The van der Waals surface area contributed by atoms with Gasteiger partial charge in [0.15, 0.2) is 9.84 Å². The second kappa shape index (κ2) is 10.5. The van der Waals surface area contributed by atoms with Crippen molar-refractivity contribution in [3.05, 3.63) is 88.2 Å². The van der Waals surface area contributed by atoms with Crippen molar-refractivity contribution in [2.75, 3.05) is 6.26 Å². The molecule has 1 heterocycles. The van der Waals surface area contributed by atoms with Gasteiger partial charge in [0.2, 0.25) is 0 Å². The van der Waals surface area contributed by atoms with Gasteiger partial charge in [-0.3, -0.25) is 9.36 Å². The van der Waals surface area contributed by atoms with Gasteiger partial charge in [0.05, 0.1) is 31.9 Å². The number of halogens is 2. The predicted octanol–water partition coefficient (Wildman–Crippen LogP) is 6.36. The molecule has 1 aromatic heterocycles. The smallest absolute Gasteiger partial charge is 0.269 e. The number of carbonyl (C=O) groups excluding carboxylic acids is 1. The van der Waals surface area contributed by atoms with Crippen LogP contribution < -0.4 is 5.73 Å². The van der Waals surface area contributed by atoms with E-state index in [0.29, 0.717) is 33.4 Å². The van der Waals surface area contributed by atoms with Crippen LogP contribution in [0.4, 0.5) is 0 Å². The van der Waals surface area contributed by atoms with E-state index in [0.717, 1.165) is 30.2 Å². The van der Waals surface area contributed by atoms with Crippen LogP contribution in [0.25, 0.3) is 28.2 Å². The van der Waals surface area contributed by atoms with Gasteiger partial charge in [0.1, 0.15) is 11.5 Å². The Labute approximate surface area is 220 Å². The number of amides is 1. The van der Waals surface area contributed by atoms with Crippen molar-refractivity contribution >= 4 is 38.9 Å². The lowest BCUT2D eigenvalue weighted by atomic mass is 10.0. The summed E-state index contributed by atoms with van der Waals surface area (Å²) in [7, 11) is -3.71. The lowest BCUT2D eigenvalue weighted by Gasteiger charge is -2.18. The standard InChI is InChI=1S/C27H25Cl2N3O3S/c1-3-4-13-22-25(26(30)33)31-27(24-19(28)11-8-12-20(24)29)32(22)21-15-14-18(16-23(21)36(2,34)35)17-9-6-5-7-10-17/h5-12,14-16H,3-4,13H2,1-2H3,(H2,30,33). The lowest BCUT2D eigenvalue weighted by Crippen LogP contribution is -2.16. The van der Waals surface area contributed by atoms with E-state index in [1.54, 1.807) is 34.9 Å². The first kappa shape index (κ1) is 25.9. The van der Waals surface area contributed by atoms with Crippen LogP contribution in [0.1, 0.15) is 35.9 Å². The molecule has 0 radical (unpaired) electrons. The van der Waals surface area contributed by atoms with Crippen LogP contribution in [0, 0.1) is 0 Å². The minimum Gasteiger partial charge on any atom is -0.364 e. The molecule has 0 aliphatic carbocycles.